The number of rotatable bonds is 5. The van der Waals surface area contributed by atoms with Crippen molar-refractivity contribution in [3.63, 3.8) is 0 Å². The van der Waals surface area contributed by atoms with Crippen molar-refractivity contribution in [2.45, 2.75) is 59.2 Å². The standard InChI is InChI=1S/C11H23N/c1-7-8-11(6)12(9(2)3)10(4)5/h7,9-11H,1,8H2,2-6H3. The summed E-state index contributed by atoms with van der Waals surface area (Å²) in [6.07, 6.45) is 3.08. The molecule has 12 heavy (non-hydrogen) atoms. The summed E-state index contributed by atoms with van der Waals surface area (Å²) in [4.78, 5) is 2.52. The van der Waals surface area contributed by atoms with Crippen LogP contribution in [0.15, 0.2) is 12.7 Å². The summed E-state index contributed by atoms with van der Waals surface area (Å²) < 4.78 is 0. The van der Waals surface area contributed by atoms with Crippen LogP contribution in [0, 0.1) is 0 Å². The fourth-order valence-electron chi connectivity index (χ4n) is 1.98. The van der Waals surface area contributed by atoms with Crippen LogP contribution in [0.25, 0.3) is 0 Å². The molecule has 72 valence electrons. The van der Waals surface area contributed by atoms with Crippen molar-refractivity contribution in [1.29, 1.82) is 0 Å². The lowest BCUT2D eigenvalue weighted by atomic mass is 10.1. The highest BCUT2D eigenvalue weighted by molar-refractivity contribution is 4.80. The van der Waals surface area contributed by atoms with E-state index in [1.807, 2.05) is 6.08 Å². The fraction of sp³-hybridized carbons (Fsp3) is 0.818. The average molecular weight is 169 g/mol. The molecule has 1 atom stereocenters. The van der Waals surface area contributed by atoms with Gasteiger partial charge in [0.05, 0.1) is 0 Å². The van der Waals surface area contributed by atoms with Gasteiger partial charge in [0.25, 0.3) is 0 Å². The molecular weight excluding hydrogens is 146 g/mol. The molecule has 0 radical (unpaired) electrons. The van der Waals surface area contributed by atoms with Crippen molar-refractivity contribution in [2.75, 3.05) is 0 Å². The molecule has 1 nitrogen and oxygen atoms in total. The monoisotopic (exact) mass is 169 g/mol. The van der Waals surface area contributed by atoms with Gasteiger partial charge in [0.1, 0.15) is 0 Å². The van der Waals surface area contributed by atoms with Gasteiger partial charge in [0.2, 0.25) is 0 Å². The van der Waals surface area contributed by atoms with Gasteiger partial charge < -0.3 is 0 Å². The van der Waals surface area contributed by atoms with Crippen LogP contribution in [0.1, 0.15) is 41.0 Å². The Morgan fingerprint density at radius 3 is 1.75 bits per heavy atom. The number of hydrogen-bond acceptors (Lipinski definition) is 1. The molecule has 0 aliphatic rings. The maximum Gasteiger partial charge on any atom is 0.0107 e. The van der Waals surface area contributed by atoms with Crippen LogP contribution < -0.4 is 0 Å². The van der Waals surface area contributed by atoms with Crippen molar-refractivity contribution >= 4 is 0 Å². The number of nitrogens with zero attached hydrogens (tertiary/aromatic N) is 1. The SMILES string of the molecule is C=CCC(C)N(C(C)C)C(C)C. The van der Waals surface area contributed by atoms with E-state index in [0.717, 1.165) is 6.42 Å². The topological polar surface area (TPSA) is 3.24 Å². The molecule has 0 saturated heterocycles. The summed E-state index contributed by atoms with van der Waals surface area (Å²) >= 11 is 0. The van der Waals surface area contributed by atoms with Crippen molar-refractivity contribution in [2.24, 2.45) is 0 Å². The molecule has 0 aliphatic carbocycles. The van der Waals surface area contributed by atoms with Gasteiger partial charge in [-0.2, -0.15) is 0 Å². The molecule has 0 aliphatic heterocycles. The highest BCUT2D eigenvalue weighted by Crippen LogP contribution is 2.13. The highest BCUT2D eigenvalue weighted by atomic mass is 15.2. The Bertz CT molecular complexity index is 119. The molecule has 0 heterocycles. The quantitative estimate of drug-likeness (QED) is 0.572. The van der Waals surface area contributed by atoms with E-state index >= 15 is 0 Å². The Balaban J connectivity index is 4.18. The fourth-order valence-corrected chi connectivity index (χ4v) is 1.98. The molecule has 0 saturated carbocycles. The molecule has 0 amide bonds. The van der Waals surface area contributed by atoms with Crippen molar-refractivity contribution in [3.05, 3.63) is 12.7 Å². The maximum atomic E-state index is 3.78. The van der Waals surface area contributed by atoms with Crippen LogP contribution in [-0.2, 0) is 0 Å². The van der Waals surface area contributed by atoms with E-state index in [0.29, 0.717) is 18.1 Å². The van der Waals surface area contributed by atoms with Gasteiger partial charge in [-0.05, 0) is 41.0 Å². The summed E-state index contributed by atoms with van der Waals surface area (Å²) in [5, 5.41) is 0. The molecule has 0 N–H and O–H groups in total. The zero-order chi connectivity index (χ0) is 9.72. The van der Waals surface area contributed by atoms with E-state index in [1.165, 1.54) is 0 Å². The first kappa shape index (κ1) is 11.7. The van der Waals surface area contributed by atoms with Crippen LogP contribution in [-0.4, -0.2) is 23.0 Å². The van der Waals surface area contributed by atoms with E-state index in [-0.39, 0.29) is 0 Å². The lowest BCUT2D eigenvalue weighted by Crippen LogP contribution is -2.43. The second-order valence-electron chi connectivity index (χ2n) is 4.01. The van der Waals surface area contributed by atoms with E-state index < -0.39 is 0 Å². The summed E-state index contributed by atoms with van der Waals surface area (Å²) in [5.41, 5.74) is 0. The lowest BCUT2D eigenvalue weighted by Gasteiger charge is -2.35. The molecule has 0 bridgehead atoms. The maximum absolute atomic E-state index is 3.78. The van der Waals surface area contributed by atoms with Crippen LogP contribution in [0.2, 0.25) is 0 Å². The minimum Gasteiger partial charge on any atom is -0.296 e. The third-order valence-electron chi connectivity index (χ3n) is 2.21. The smallest absolute Gasteiger partial charge is 0.0107 e. The molecule has 0 aromatic rings. The Morgan fingerprint density at radius 2 is 1.50 bits per heavy atom. The van der Waals surface area contributed by atoms with E-state index in [1.54, 1.807) is 0 Å². The average Bonchev–Trinajstić information content (AvgIpc) is 1.85. The number of hydrogen-bond donors (Lipinski definition) is 0. The molecule has 1 unspecified atom stereocenters. The Kier molecular flexibility index (Phi) is 5.23. The largest absolute Gasteiger partial charge is 0.296 e. The van der Waals surface area contributed by atoms with Gasteiger partial charge in [-0.1, -0.05) is 6.08 Å². The Hall–Kier alpha value is -0.300. The second-order valence-corrected chi connectivity index (χ2v) is 4.01. The van der Waals surface area contributed by atoms with Gasteiger partial charge >= 0.3 is 0 Å². The predicted octanol–water partition coefficient (Wildman–Crippen LogP) is 3.07. The van der Waals surface area contributed by atoms with Crippen LogP contribution >= 0.6 is 0 Å². The minimum atomic E-state index is 0.613. The van der Waals surface area contributed by atoms with Crippen LogP contribution in [0.4, 0.5) is 0 Å². The first-order chi connectivity index (χ1) is 5.50. The van der Waals surface area contributed by atoms with E-state index in [4.69, 9.17) is 0 Å². The van der Waals surface area contributed by atoms with E-state index in [2.05, 4.69) is 46.1 Å². The zero-order valence-corrected chi connectivity index (χ0v) is 9.17. The molecule has 0 fully saturated rings. The van der Waals surface area contributed by atoms with E-state index in [9.17, 15) is 0 Å². The first-order valence-corrected chi connectivity index (χ1v) is 4.89. The third-order valence-corrected chi connectivity index (χ3v) is 2.21. The zero-order valence-electron chi connectivity index (χ0n) is 9.17. The van der Waals surface area contributed by atoms with Crippen molar-refractivity contribution in [3.8, 4) is 0 Å². The Labute approximate surface area is 77.5 Å². The van der Waals surface area contributed by atoms with Crippen molar-refractivity contribution < 1.29 is 0 Å². The molecular formula is C11H23N. The molecule has 0 rings (SSSR count). The normalized spacial score (nSPS) is 14.3. The Morgan fingerprint density at radius 1 is 1.08 bits per heavy atom. The predicted molar refractivity (Wildman–Crippen MR) is 56.4 cm³/mol. The van der Waals surface area contributed by atoms with Gasteiger partial charge in [0, 0.05) is 18.1 Å². The summed E-state index contributed by atoms with van der Waals surface area (Å²) in [6.45, 7) is 15.0. The second kappa shape index (κ2) is 5.36. The third kappa shape index (κ3) is 3.40. The molecule has 1 heteroatoms. The van der Waals surface area contributed by atoms with Gasteiger partial charge in [-0.15, -0.1) is 6.58 Å². The summed E-state index contributed by atoms with van der Waals surface area (Å²) in [7, 11) is 0. The highest BCUT2D eigenvalue weighted by Gasteiger charge is 2.18. The van der Waals surface area contributed by atoms with Gasteiger partial charge in [-0.25, -0.2) is 0 Å². The summed E-state index contributed by atoms with van der Waals surface area (Å²) in [5.74, 6) is 0. The van der Waals surface area contributed by atoms with Gasteiger partial charge in [-0.3, -0.25) is 4.90 Å². The van der Waals surface area contributed by atoms with Crippen LogP contribution in [0.3, 0.4) is 0 Å². The lowest BCUT2D eigenvalue weighted by molar-refractivity contribution is 0.124. The summed E-state index contributed by atoms with van der Waals surface area (Å²) in [6, 6.07) is 1.86. The van der Waals surface area contributed by atoms with Crippen molar-refractivity contribution in [1.82, 2.24) is 4.90 Å². The minimum absolute atomic E-state index is 0.613. The molecule has 0 aromatic heterocycles. The van der Waals surface area contributed by atoms with Crippen LogP contribution in [0.5, 0.6) is 0 Å². The van der Waals surface area contributed by atoms with Gasteiger partial charge in [0.15, 0.2) is 0 Å². The molecule has 0 spiro atoms. The first-order valence-electron chi connectivity index (χ1n) is 4.89. The molecule has 0 aromatic carbocycles.